The van der Waals surface area contributed by atoms with Crippen LogP contribution >= 0.6 is 0 Å². The van der Waals surface area contributed by atoms with E-state index >= 15 is 0 Å². The highest BCUT2D eigenvalue weighted by atomic mass is 16.2. The van der Waals surface area contributed by atoms with Crippen LogP contribution in [0, 0.1) is 17.2 Å². The van der Waals surface area contributed by atoms with Gasteiger partial charge in [-0.1, -0.05) is 19.1 Å². The van der Waals surface area contributed by atoms with Crippen molar-refractivity contribution in [2.45, 2.75) is 19.8 Å². The number of nitrogens with zero attached hydrogens (tertiary/aromatic N) is 3. The summed E-state index contributed by atoms with van der Waals surface area (Å²) < 4.78 is 0. The summed E-state index contributed by atoms with van der Waals surface area (Å²) in [6, 6.07) is 9.31. The van der Waals surface area contributed by atoms with E-state index in [1.165, 1.54) is 6.42 Å². The van der Waals surface area contributed by atoms with Crippen molar-refractivity contribution in [3.8, 4) is 6.07 Å². The number of para-hydroxylation sites is 1. The third-order valence-electron chi connectivity index (χ3n) is 3.60. The molecular weight excluding hydrogens is 238 g/mol. The minimum Gasteiger partial charge on any atom is -0.324 e. The fraction of sp³-hybridized carbons (Fsp3) is 0.467. The van der Waals surface area contributed by atoms with Gasteiger partial charge in [-0.2, -0.15) is 5.26 Å². The molecule has 1 atom stereocenters. The fourth-order valence-electron chi connectivity index (χ4n) is 2.54. The maximum absolute atomic E-state index is 12.5. The van der Waals surface area contributed by atoms with Crippen LogP contribution in [0.2, 0.25) is 0 Å². The number of benzene rings is 1. The molecule has 0 N–H and O–H groups in total. The lowest BCUT2D eigenvalue weighted by Gasteiger charge is -2.34. The molecule has 1 aromatic carbocycles. The van der Waals surface area contributed by atoms with Gasteiger partial charge < -0.3 is 4.90 Å². The predicted molar refractivity (Wildman–Crippen MR) is 74.9 cm³/mol. The second-order valence-electron chi connectivity index (χ2n) is 5.16. The third-order valence-corrected chi connectivity index (χ3v) is 3.60. The van der Waals surface area contributed by atoms with Crippen LogP contribution < -0.4 is 4.90 Å². The van der Waals surface area contributed by atoms with Gasteiger partial charge in [0.1, 0.15) is 6.07 Å². The zero-order valence-electron chi connectivity index (χ0n) is 11.5. The van der Waals surface area contributed by atoms with Crippen molar-refractivity contribution in [1.29, 1.82) is 5.26 Å². The van der Waals surface area contributed by atoms with Crippen LogP contribution in [0.5, 0.6) is 0 Å². The number of carbonyl (C=O) groups is 1. The Hall–Kier alpha value is -2.02. The van der Waals surface area contributed by atoms with Crippen molar-refractivity contribution in [3.63, 3.8) is 0 Å². The summed E-state index contributed by atoms with van der Waals surface area (Å²) in [5.41, 5.74) is 1.21. The smallest absolute Gasteiger partial charge is 0.324 e. The normalized spacial score (nSPS) is 18.8. The number of hydrogen-bond acceptors (Lipinski definition) is 2. The Kier molecular flexibility index (Phi) is 4.06. The van der Waals surface area contributed by atoms with Gasteiger partial charge in [0.25, 0.3) is 0 Å². The average Bonchev–Trinajstić information content (AvgIpc) is 2.45. The molecule has 0 bridgehead atoms. The van der Waals surface area contributed by atoms with Crippen LogP contribution in [0.4, 0.5) is 10.5 Å². The van der Waals surface area contributed by atoms with Gasteiger partial charge in [0.05, 0.1) is 11.3 Å². The first-order valence-electron chi connectivity index (χ1n) is 6.65. The highest BCUT2D eigenvalue weighted by Crippen LogP contribution is 2.22. The van der Waals surface area contributed by atoms with Crippen LogP contribution in [-0.2, 0) is 0 Å². The van der Waals surface area contributed by atoms with Gasteiger partial charge in [0.2, 0.25) is 0 Å². The van der Waals surface area contributed by atoms with Crippen molar-refractivity contribution in [2.75, 3.05) is 25.0 Å². The standard InChI is InChI=1S/C15H19N3O/c1-12-6-5-9-18(11-12)15(19)17(2)14-8-4-3-7-13(14)10-16/h3-4,7-8,12H,5-6,9,11H2,1-2H3. The van der Waals surface area contributed by atoms with Gasteiger partial charge in [-0.25, -0.2) is 4.79 Å². The molecule has 2 amide bonds. The Balaban J connectivity index is 2.17. The summed E-state index contributed by atoms with van der Waals surface area (Å²) in [5, 5.41) is 9.10. The van der Waals surface area contributed by atoms with Crippen LogP contribution in [0.3, 0.4) is 0 Å². The maximum atomic E-state index is 12.5. The van der Waals surface area contributed by atoms with E-state index in [4.69, 9.17) is 5.26 Å². The molecule has 19 heavy (non-hydrogen) atoms. The van der Waals surface area contributed by atoms with Crippen LogP contribution in [0.1, 0.15) is 25.3 Å². The fourth-order valence-corrected chi connectivity index (χ4v) is 2.54. The SMILES string of the molecule is CC1CCCN(C(=O)N(C)c2ccccc2C#N)C1. The monoisotopic (exact) mass is 257 g/mol. The van der Waals surface area contributed by atoms with E-state index in [-0.39, 0.29) is 6.03 Å². The number of piperidine rings is 1. The summed E-state index contributed by atoms with van der Waals surface area (Å²) in [5.74, 6) is 0.553. The molecule has 0 aliphatic carbocycles. The Bertz CT molecular complexity index is 506. The molecule has 1 saturated heterocycles. The third kappa shape index (κ3) is 2.87. The molecule has 4 heteroatoms. The Morgan fingerprint density at radius 1 is 1.47 bits per heavy atom. The number of rotatable bonds is 1. The van der Waals surface area contributed by atoms with E-state index in [1.54, 1.807) is 18.0 Å². The topological polar surface area (TPSA) is 47.3 Å². The molecule has 0 aromatic heterocycles. The zero-order chi connectivity index (χ0) is 13.8. The lowest BCUT2D eigenvalue weighted by molar-refractivity contribution is 0.177. The highest BCUT2D eigenvalue weighted by molar-refractivity contribution is 5.92. The number of carbonyl (C=O) groups excluding carboxylic acids is 1. The largest absolute Gasteiger partial charge is 0.324 e. The van der Waals surface area contributed by atoms with E-state index in [9.17, 15) is 4.79 Å². The number of likely N-dealkylation sites (tertiary alicyclic amines) is 1. The number of nitriles is 1. The van der Waals surface area contributed by atoms with Crippen molar-refractivity contribution in [3.05, 3.63) is 29.8 Å². The molecule has 1 aromatic rings. The molecule has 1 aliphatic heterocycles. The predicted octanol–water partition coefficient (Wildman–Crippen LogP) is 2.85. The molecule has 1 unspecified atom stereocenters. The Morgan fingerprint density at radius 3 is 2.89 bits per heavy atom. The van der Waals surface area contributed by atoms with E-state index in [2.05, 4.69) is 13.0 Å². The molecule has 1 aliphatic rings. The first kappa shape index (κ1) is 13.4. The minimum atomic E-state index is -0.0192. The molecule has 0 spiro atoms. The van der Waals surface area contributed by atoms with Crippen molar-refractivity contribution in [1.82, 2.24) is 4.90 Å². The van der Waals surface area contributed by atoms with E-state index in [1.807, 2.05) is 23.1 Å². The van der Waals surface area contributed by atoms with Crippen LogP contribution in [-0.4, -0.2) is 31.1 Å². The minimum absolute atomic E-state index is 0.0192. The van der Waals surface area contributed by atoms with Crippen molar-refractivity contribution < 1.29 is 4.79 Å². The number of urea groups is 1. The Labute approximate surface area is 114 Å². The van der Waals surface area contributed by atoms with E-state index < -0.39 is 0 Å². The molecule has 2 rings (SSSR count). The molecular formula is C15H19N3O. The van der Waals surface area contributed by atoms with E-state index in [0.717, 1.165) is 19.5 Å². The molecule has 0 saturated carbocycles. The van der Waals surface area contributed by atoms with Crippen LogP contribution in [0.15, 0.2) is 24.3 Å². The Morgan fingerprint density at radius 2 is 2.21 bits per heavy atom. The second kappa shape index (κ2) is 5.75. The summed E-state index contributed by atoms with van der Waals surface area (Å²) in [6.45, 7) is 3.78. The molecule has 100 valence electrons. The highest BCUT2D eigenvalue weighted by Gasteiger charge is 2.25. The molecule has 1 fully saturated rings. The first-order valence-corrected chi connectivity index (χ1v) is 6.65. The van der Waals surface area contributed by atoms with Gasteiger partial charge >= 0.3 is 6.03 Å². The quantitative estimate of drug-likeness (QED) is 0.776. The van der Waals surface area contributed by atoms with Gasteiger partial charge in [-0.15, -0.1) is 0 Å². The molecule has 4 nitrogen and oxygen atoms in total. The summed E-state index contributed by atoms with van der Waals surface area (Å²) in [7, 11) is 1.73. The average molecular weight is 257 g/mol. The first-order chi connectivity index (χ1) is 9.13. The van der Waals surface area contributed by atoms with Crippen molar-refractivity contribution in [2.24, 2.45) is 5.92 Å². The second-order valence-corrected chi connectivity index (χ2v) is 5.16. The van der Waals surface area contributed by atoms with Crippen LogP contribution in [0.25, 0.3) is 0 Å². The van der Waals surface area contributed by atoms with Gasteiger partial charge in [-0.3, -0.25) is 4.90 Å². The van der Waals surface area contributed by atoms with Gasteiger partial charge in [0.15, 0.2) is 0 Å². The van der Waals surface area contributed by atoms with Gasteiger partial charge in [0, 0.05) is 20.1 Å². The summed E-state index contributed by atoms with van der Waals surface area (Å²) >= 11 is 0. The zero-order valence-corrected chi connectivity index (χ0v) is 11.5. The molecule has 1 heterocycles. The van der Waals surface area contributed by atoms with E-state index in [0.29, 0.717) is 17.2 Å². The number of anilines is 1. The lowest BCUT2D eigenvalue weighted by Crippen LogP contribution is -2.46. The molecule has 0 radical (unpaired) electrons. The number of amides is 2. The summed E-state index contributed by atoms with van der Waals surface area (Å²) in [4.78, 5) is 15.9. The number of hydrogen-bond donors (Lipinski definition) is 0. The lowest BCUT2D eigenvalue weighted by atomic mass is 10.0. The summed E-state index contributed by atoms with van der Waals surface area (Å²) in [6.07, 6.45) is 2.24. The van der Waals surface area contributed by atoms with Crippen molar-refractivity contribution >= 4 is 11.7 Å². The van der Waals surface area contributed by atoms with Gasteiger partial charge in [-0.05, 0) is 30.9 Å². The maximum Gasteiger partial charge on any atom is 0.324 e.